The summed E-state index contributed by atoms with van der Waals surface area (Å²) in [5.41, 5.74) is 13.8. The Kier molecular flexibility index (Phi) is 5.63. The lowest BCUT2D eigenvalue weighted by Gasteiger charge is -2.35. The highest BCUT2D eigenvalue weighted by Gasteiger charge is 2.37. The van der Waals surface area contributed by atoms with Crippen molar-refractivity contribution in [3.05, 3.63) is 169 Å². The molecule has 0 fully saturated rings. The summed E-state index contributed by atoms with van der Waals surface area (Å²) in [6, 6.07) is 56.7. The van der Waals surface area contributed by atoms with Crippen LogP contribution < -0.4 is 4.90 Å². The van der Waals surface area contributed by atoms with Crippen molar-refractivity contribution < 1.29 is 4.42 Å². The summed E-state index contributed by atoms with van der Waals surface area (Å²) < 4.78 is 9.12. The average molecular weight is 617 g/mol. The van der Waals surface area contributed by atoms with Crippen LogP contribution in [0.25, 0.3) is 60.6 Å². The number of nitrogens with zero attached hydrogens (tertiary/aromatic N) is 2. The summed E-state index contributed by atoms with van der Waals surface area (Å²) in [4.78, 5) is 2.30. The van der Waals surface area contributed by atoms with E-state index in [2.05, 4.69) is 181 Å². The maximum atomic E-state index is 6.64. The largest absolute Gasteiger partial charge is 0.455 e. The molecular weight excluding hydrogens is 585 g/mol. The number of benzene rings is 7. The van der Waals surface area contributed by atoms with Gasteiger partial charge >= 0.3 is 0 Å². The molecule has 0 bridgehead atoms. The maximum Gasteiger partial charge on any atom is 0.145 e. The molecule has 9 aromatic rings. The first-order valence-corrected chi connectivity index (χ1v) is 16.6. The number of hydrogen-bond donors (Lipinski definition) is 0. The molecular formula is C45H32N2O. The van der Waals surface area contributed by atoms with E-state index < -0.39 is 0 Å². The van der Waals surface area contributed by atoms with Gasteiger partial charge in [0.2, 0.25) is 0 Å². The van der Waals surface area contributed by atoms with Gasteiger partial charge in [-0.15, -0.1) is 0 Å². The SMILES string of the molecule is CC1(C)c2ccc(-c3ccc(N(c4ccccc4)c4ccccc4)cc3)cc2-n2c3ccccc3c3c4oc5ccccc5c4cc1c32. The zero-order chi connectivity index (χ0) is 32.0. The molecule has 0 N–H and O–H groups in total. The average Bonchev–Trinajstić information content (AvgIpc) is 3.68. The second-order valence-corrected chi connectivity index (χ2v) is 13.4. The van der Waals surface area contributed by atoms with Crippen LogP contribution in [0.4, 0.5) is 17.1 Å². The van der Waals surface area contributed by atoms with Crippen molar-refractivity contribution in [2.75, 3.05) is 4.90 Å². The highest BCUT2D eigenvalue weighted by atomic mass is 16.3. The lowest BCUT2D eigenvalue weighted by molar-refractivity contribution is 0.630. The Balaban J connectivity index is 1.17. The molecule has 0 atom stereocenters. The summed E-state index contributed by atoms with van der Waals surface area (Å²) in [5.74, 6) is 0. The summed E-state index contributed by atoms with van der Waals surface area (Å²) in [6.07, 6.45) is 0. The van der Waals surface area contributed by atoms with Gasteiger partial charge in [0.1, 0.15) is 11.2 Å². The molecule has 0 saturated heterocycles. The van der Waals surface area contributed by atoms with Gasteiger partial charge in [0, 0.05) is 38.6 Å². The van der Waals surface area contributed by atoms with Gasteiger partial charge in [0.15, 0.2) is 0 Å². The number of furan rings is 1. The molecule has 0 spiro atoms. The predicted octanol–water partition coefficient (Wildman–Crippen LogP) is 12.5. The van der Waals surface area contributed by atoms with Crippen LogP contribution in [0, 0.1) is 0 Å². The van der Waals surface area contributed by atoms with E-state index in [1.54, 1.807) is 0 Å². The first-order valence-electron chi connectivity index (χ1n) is 16.6. The molecule has 228 valence electrons. The lowest BCUT2D eigenvalue weighted by Crippen LogP contribution is -2.26. The minimum Gasteiger partial charge on any atom is -0.455 e. The molecule has 0 saturated carbocycles. The van der Waals surface area contributed by atoms with E-state index in [9.17, 15) is 0 Å². The van der Waals surface area contributed by atoms with E-state index in [0.717, 1.165) is 28.2 Å². The monoisotopic (exact) mass is 616 g/mol. The van der Waals surface area contributed by atoms with Gasteiger partial charge in [-0.1, -0.05) is 111 Å². The molecule has 48 heavy (non-hydrogen) atoms. The van der Waals surface area contributed by atoms with E-state index in [-0.39, 0.29) is 5.41 Å². The van der Waals surface area contributed by atoms with Crippen molar-refractivity contribution in [2.24, 2.45) is 0 Å². The fourth-order valence-electron chi connectivity index (χ4n) is 8.03. The van der Waals surface area contributed by atoms with Crippen molar-refractivity contribution in [1.82, 2.24) is 4.57 Å². The number of fused-ring (bicyclic) bond motifs is 9. The summed E-state index contributed by atoms with van der Waals surface area (Å²) >= 11 is 0. The highest BCUT2D eigenvalue weighted by Crippen LogP contribution is 2.51. The molecule has 0 radical (unpaired) electrons. The van der Waals surface area contributed by atoms with Crippen LogP contribution in [0.2, 0.25) is 0 Å². The minimum atomic E-state index is -0.210. The van der Waals surface area contributed by atoms with Gasteiger partial charge in [0.25, 0.3) is 0 Å². The van der Waals surface area contributed by atoms with Gasteiger partial charge in [-0.25, -0.2) is 0 Å². The van der Waals surface area contributed by atoms with Gasteiger partial charge in [-0.05, 0) is 82.9 Å². The van der Waals surface area contributed by atoms with Crippen molar-refractivity contribution in [2.45, 2.75) is 19.3 Å². The normalized spacial score (nSPS) is 13.4. The van der Waals surface area contributed by atoms with Crippen LogP contribution in [0.5, 0.6) is 0 Å². The first kappa shape index (κ1) is 27.1. The molecule has 3 nitrogen and oxygen atoms in total. The third-order valence-electron chi connectivity index (χ3n) is 10.4. The van der Waals surface area contributed by atoms with E-state index in [1.807, 2.05) is 0 Å². The molecule has 2 aromatic heterocycles. The van der Waals surface area contributed by atoms with Crippen LogP contribution in [-0.4, -0.2) is 4.57 Å². The van der Waals surface area contributed by atoms with Crippen molar-refractivity contribution in [1.29, 1.82) is 0 Å². The van der Waals surface area contributed by atoms with Crippen LogP contribution >= 0.6 is 0 Å². The van der Waals surface area contributed by atoms with Crippen molar-refractivity contribution in [3.63, 3.8) is 0 Å². The molecule has 0 unspecified atom stereocenters. The standard InChI is InChI=1S/C45H32N2O/c1-45(2)37-26-23-30(29-21-24-33(25-22-29)46(31-13-5-3-6-14-31)32-15-7-4-8-16-32)27-40(37)47-39-19-11-9-18-35(39)42-43(47)38(45)28-36-34-17-10-12-20-41(34)48-44(36)42/h3-28H,1-2H3. The number of para-hydroxylation sites is 4. The van der Waals surface area contributed by atoms with E-state index in [1.165, 1.54) is 60.5 Å². The van der Waals surface area contributed by atoms with Crippen molar-refractivity contribution in [3.8, 4) is 16.8 Å². The highest BCUT2D eigenvalue weighted by molar-refractivity contribution is 6.25. The van der Waals surface area contributed by atoms with E-state index in [4.69, 9.17) is 4.42 Å². The lowest BCUT2D eigenvalue weighted by atomic mass is 9.74. The van der Waals surface area contributed by atoms with Gasteiger partial charge in [0.05, 0.1) is 22.1 Å². The number of anilines is 3. The molecule has 7 aromatic carbocycles. The molecule has 1 aliphatic heterocycles. The molecule has 3 heteroatoms. The van der Waals surface area contributed by atoms with Crippen LogP contribution in [0.3, 0.4) is 0 Å². The van der Waals surface area contributed by atoms with Crippen LogP contribution in [0.15, 0.2) is 162 Å². The Morgan fingerprint density at radius 3 is 1.85 bits per heavy atom. The van der Waals surface area contributed by atoms with E-state index >= 15 is 0 Å². The fourth-order valence-corrected chi connectivity index (χ4v) is 8.03. The Bertz CT molecular complexity index is 2640. The number of aromatic nitrogens is 1. The van der Waals surface area contributed by atoms with Gasteiger partial charge in [-0.2, -0.15) is 0 Å². The molecule has 0 amide bonds. The minimum absolute atomic E-state index is 0.210. The molecule has 0 aliphatic carbocycles. The van der Waals surface area contributed by atoms with Crippen molar-refractivity contribution >= 4 is 60.8 Å². The Hall–Kier alpha value is -6.06. The second kappa shape index (κ2) is 9.97. The van der Waals surface area contributed by atoms with Gasteiger partial charge < -0.3 is 13.9 Å². The predicted molar refractivity (Wildman–Crippen MR) is 200 cm³/mol. The van der Waals surface area contributed by atoms with E-state index in [0.29, 0.717) is 0 Å². The number of hydrogen-bond acceptors (Lipinski definition) is 2. The fraction of sp³-hybridized carbons (Fsp3) is 0.0667. The molecule has 3 heterocycles. The summed E-state index contributed by atoms with van der Waals surface area (Å²) in [7, 11) is 0. The summed E-state index contributed by atoms with van der Waals surface area (Å²) in [5, 5.41) is 4.77. The smallest absolute Gasteiger partial charge is 0.145 e. The molecule has 10 rings (SSSR count). The number of rotatable bonds is 4. The zero-order valence-corrected chi connectivity index (χ0v) is 26.8. The Morgan fingerprint density at radius 2 is 1.12 bits per heavy atom. The quantitative estimate of drug-likeness (QED) is 0.196. The van der Waals surface area contributed by atoms with Gasteiger partial charge in [-0.3, -0.25) is 0 Å². The Labute approximate surface area is 278 Å². The first-order chi connectivity index (χ1) is 23.6. The van der Waals surface area contributed by atoms with Crippen LogP contribution in [0.1, 0.15) is 25.0 Å². The zero-order valence-electron chi connectivity index (χ0n) is 26.8. The molecule has 1 aliphatic rings. The van der Waals surface area contributed by atoms with Crippen LogP contribution in [-0.2, 0) is 5.41 Å². The Morgan fingerprint density at radius 1 is 0.521 bits per heavy atom. The maximum absolute atomic E-state index is 6.64. The topological polar surface area (TPSA) is 21.3 Å². The third-order valence-corrected chi connectivity index (χ3v) is 10.4. The second-order valence-electron chi connectivity index (χ2n) is 13.4. The summed E-state index contributed by atoms with van der Waals surface area (Å²) in [6.45, 7) is 4.73. The third kappa shape index (κ3) is 3.76.